The van der Waals surface area contributed by atoms with E-state index in [-0.39, 0.29) is 28.3 Å². The fourth-order valence-corrected chi connectivity index (χ4v) is 5.82. The lowest BCUT2D eigenvalue weighted by Gasteiger charge is -2.15. The van der Waals surface area contributed by atoms with Gasteiger partial charge in [0.05, 0.1) is 22.0 Å². The van der Waals surface area contributed by atoms with Gasteiger partial charge in [-0.25, -0.2) is 9.37 Å². The highest BCUT2D eigenvalue weighted by Gasteiger charge is 2.27. The summed E-state index contributed by atoms with van der Waals surface area (Å²) in [6.45, 7) is 8.01. The fourth-order valence-electron chi connectivity index (χ4n) is 3.90. The van der Waals surface area contributed by atoms with Crippen LogP contribution in [0.3, 0.4) is 0 Å². The van der Waals surface area contributed by atoms with E-state index in [2.05, 4.69) is 12.2 Å². The van der Waals surface area contributed by atoms with Crippen molar-refractivity contribution in [2.75, 3.05) is 11.1 Å². The Hall–Kier alpha value is -2.58. The van der Waals surface area contributed by atoms with E-state index in [0.29, 0.717) is 22.2 Å². The van der Waals surface area contributed by atoms with Crippen molar-refractivity contribution in [2.24, 2.45) is 0 Å². The second-order valence-electron chi connectivity index (χ2n) is 8.03. The molecule has 0 bridgehead atoms. The molecule has 0 saturated carbocycles. The van der Waals surface area contributed by atoms with Crippen LogP contribution in [0.15, 0.2) is 51.2 Å². The van der Waals surface area contributed by atoms with Crippen LogP contribution in [0.5, 0.6) is 0 Å². The Bertz CT molecular complexity index is 1230. The summed E-state index contributed by atoms with van der Waals surface area (Å²) >= 11 is 2.72. The van der Waals surface area contributed by atoms with Crippen molar-refractivity contribution in [3.63, 3.8) is 0 Å². The first-order chi connectivity index (χ1) is 15.2. The summed E-state index contributed by atoms with van der Waals surface area (Å²) in [6, 6.07) is 9.80. The molecular formula is C24H24FN3O2S2. The third-order valence-electron chi connectivity index (χ3n) is 5.24. The second-order valence-corrected chi connectivity index (χ2v) is 10.4. The summed E-state index contributed by atoms with van der Waals surface area (Å²) in [7, 11) is 0. The molecule has 32 heavy (non-hydrogen) atoms. The van der Waals surface area contributed by atoms with Crippen LogP contribution < -0.4 is 10.9 Å². The minimum Gasteiger partial charge on any atom is -0.325 e. The lowest BCUT2D eigenvalue weighted by atomic mass is 10.1. The van der Waals surface area contributed by atoms with Gasteiger partial charge in [0.25, 0.3) is 5.56 Å². The SMILES string of the molecule is Cc1cc(C)c(NC(=O)CSc2nc3c(c(=O)n2-c2ccc(F)cc2)SC(C)C3)c(C)c1. The van der Waals surface area contributed by atoms with E-state index in [4.69, 9.17) is 4.98 Å². The third kappa shape index (κ3) is 4.61. The number of hydrogen-bond donors (Lipinski definition) is 1. The monoisotopic (exact) mass is 469 g/mol. The Balaban J connectivity index is 1.63. The van der Waals surface area contributed by atoms with Gasteiger partial charge in [0.15, 0.2) is 5.16 Å². The molecule has 1 amide bonds. The Labute approximate surface area is 194 Å². The summed E-state index contributed by atoms with van der Waals surface area (Å²) in [5, 5.41) is 3.69. The number of fused-ring (bicyclic) bond motifs is 1. The smallest absolute Gasteiger partial charge is 0.272 e. The number of amides is 1. The Morgan fingerprint density at radius 2 is 1.88 bits per heavy atom. The van der Waals surface area contributed by atoms with Gasteiger partial charge < -0.3 is 5.32 Å². The molecule has 166 valence electrons. The predicted molar refractivity (Wildman–Crippen MR) is 129 cm³/mol. The topological polar surface area (TPSA) is 64.0 Å². The third-order valence-corrected chi connectivity index (χ3v) is 7.39. The zero-order chi connectivity index (χ0) is 23.0. The molecule has 1 unspecified atom stereocenters. The molecule has 8 heteroatoms. The number of carbonyl (C=O) groups is 1. The molecule has 2 heterocycles. The fraction of sp³-hybridized carbons (Fsp3) is 0.292. The first-order valence-corrected chi connectivity index (χ1v) is 12.2. The number of rotatable bonds is 5. The van der Waals surface area contributed by atoms with Crippen LogP contribution in [0, 0.1) is 26.6 Å². The van der Waals surface area contributed by atoms with E-state index in [9.17, 15) is 14.0 Å². The number of benzene rings is 2. The van der Waals surface area contributed by atoms with E-state index in [1.807, 2.05) is 32.9 Å². The summed E-state index contributed by atoms with van der Waals surface area (Å²) in [5.74, 6) is -0.452. The average Bonchev–Trinajstić information content (AvgIpc) is 3.11. The Morgan fingerprint density at radius 1 is 1.22 bits per heavy atom. The van der Waals surface area contributed by atoms with Gasteiger partial charge in [0, 0.05) is 17.4 Å². The number of anilines is 1. The normalized spacial score (nSPS) is 15.0. The van der Waals surface area contributed by atoms with Gasteiger partial charge in [-0.1, -0.05) is 36.4 Å². The van der Waals surface area contributed by atoms with E-state index >= 15 is 0 Å². The average molecular weight is 470 g/mol. The molecule has 0 saturated heterocycles. The standard InChI is InChI=1S/C24H24FN3O2S2/c1-13-9-14(2)21(15(3)10-13)27-20(29)12-31-24-26-19-11-16(4)32-22(19)23(30)28(24)18-7-5-17(25)6-8-18/h5-10,16H,11-12H2,1-4H3,(H,27,29). The minimum atomic E-state index is -0.378. The van der Waals surface area contributed by atoms with E-state index in [0.717, 1.165) is 28.1 Å². The molecule has 0 fully saturated rings. The molecule has 2 aromatic carbocycles. The molecule has 1 aliphatic rings. The van der Waals surface area contributed by atoms with Gasteiger partial charge in [-0.2, -0.15) is 0 Å². The molecule has 5 nitrogen and oxygen atoms in total. The molecule has 0 radical (unpaired) electrons. The van der Waals surface area contributed by atoms with Crippen molar-refractivity contribution in [3.8, 4) is 5.69 Å². The number of carbonyl (C=O) groups excluding carboxylic acids is 1. The van der Waals surface area contributed by atoms with Crippen molar-refractivity contribution in [3.05, 3.63) is 75.0 Å². The van der Waals surface area contributed by atoms with Gasteiger partial charge >= 0.3 is 0 Å². The van der Waals surface area contributed by atoms with Crippen LogP contribution in [-0.2, 0) is 11.2 Å². The van der Waals surface area contributed by atoms with Crippen molar-refractivity contribution in [1.82, 2.24) is 9.55 Å². The second kappa shape index (κ2) is 9.11. The highest BCUT2D eigenvalue weighted by atomic mass is 32.2. The predicted octanol–water partition coefficient (Wildman–Crippen LogP) is 5.06. The maximum Gasteiger partial charge on any atom is 0.272 e. The van der Waals surface area contributed by atoms with Gasteiger partial charge in [0.1, 0.15) is 5.82 Å². The largest absolute Gasteiger partial charge is 0.325 e. The number of thioether (sulfide) groups is 2. The number of aryl methyl sites for hydroxylation is 3. The van der Waals surface area contributed by atoms with Crippen LogP contribution in [0.2, 0.25) is 0 Å². The summed E-state index contributed by atoms with van der Waals surface area (Å²) < 4.78 is 14.9. The van der Waals surface area contributed by atoms with E-state index in [1.165, 1.54) is 40.2 Å². The molecule has 0 aliphatic carbocycles. The van der Waals surface area contributed by atoms with Crippen LogP contribution in [-0.4, -0.2) is 26.5 Å². The van der Waals surface area contributed by atoms with Crippen molar-refractivity contribution < 1.29 is 9.18 Å². The Morgan fingerprint density at radius 3 is 2.53 bits per heavy atom. The Kier molecular flexibility index (Phi) is 6.44. The molecule has 0 spiro atoms. The van der Waals surface area contributed by atoms with Gasteiger partial charge in [-0.15, -0.1) is 11.8 Å². The number of hydrogen-bond acceptors (Lipinski definition) is 5. The van der Waals surface area contributed by atoms with Crippen LogP contribution >= 0.6 is 23.5 Å². The van der Waals surface area contributed by atoms with Gasteiger partial charge in [-0.05, 0) is 56.2 Å². The lowest BCUT2D eigenvalue weighted by Crippen LogP contribution is -2.24. The molecule has 3 aromatic rings. The molecule has 1 atom stereocenters. The zero-order valence-corrected chi connectivity index (χ0v) is 20.0. The van der Waals surface area contributed by atoms with Crippen molar-refractivity contribution in [1.29, 1.82) is 0 Å². The van der Waals surface area contributed by atoms with Crippen molar-refractivity contribution >= 4 is 35.1 Å². The number of aromatic nitrogens is 2. The minimum absolute atomic E-state index is 0.0991. The van der Waals surface area contributed by atoms with Crippen molar-refractivity contribution in [2.45, 2.75) is 49.4 Å². The molecule has 4 rings (SSSR count). The number of halogens is 1. The van der Waals surface area contributed by atoms with Crippen LogP contribution in [0.4, 0.5) is 10.1 Å². The van der Waals surface area contributed by atoms with Crippen LogP contribution in [0.1, 0.15) is 29.3 Å². The van der Waals surface area contributed by atoms with E-state index in [1.54, 1.807) is 12.1 Å². The molecular weight excluding hydrogens is 445 g/mol. The highest BCUT2D eigenvalue weighted by Crippen LogP contribution is 2.35. The first-order valence-electron chi connectivity index (χ1n) is 10.3. The maximum absolute atomic E-state index is 13.5. The van der Waals surface area contributed by atoms with Gasteiger partial charge in [-0.3, -0.25) is 14.2 Å². The summed E-state index contributed by atoms with van der Waals surface area (Å²) in [6.07, 6.45) is 0.709. The molecule has 1 N–H and O–H groups in total. The number of nitrogens with one attached hydrogen (secondary N) is 1. The zero-order valence-electron chi connectivity index (χ0n) is 18.4. The summed E-state index contributed by atoms with van der Waals surface area (Å²) in [4.78, 5) is 31.3. The van der Waals surface area contributed by atoms with Crippen LogP contribution in [0.25, 0.3) is 5.69 Å². The lowest BCUT2D eigenvalue weighted by molar-refractivity contribution is -0.113. The van der Waals surface area contributed by atoms with E-state index < -0.39 is 0 Å². The highest BCUT2D eigenvalue weighted by molar-refractivity contribution is 8.00. The number of nitrogens with zero attached hydrogens (tertiary/aromatic N) is 2. The molecule has 1 aliphatic heterocycles. The summed E-state index contributed by atoms with van der Waals surface area (Å²) in [5.41, 5.74) is 5.08. The quantitative estimate of drug-likeness (QED) is 0.418. The maximum atomic E-state index is 13.5. The first kappa shape index (κ1) is 22.6. The van der Waals surface area contributed by atoms with Gasteiger partial charge in [0.2, 0.25) is 5.91 Å². The molecule has 1 aromatic heterocycles.